The third kappa shape index (κ3) is 5.15. The third-order valence-corrected chi connectivity index (χ3v) is 9.30. The highest BCUT2D eigenvalue weighted by Gasteiger charge is 2.68. The number of nitrogens with one attached hydrogen (secondary N) is 2. The minimum Gasteiger partial charge on any atom is -0.404 e. The highest BCUT2D eigenvalue weighted by molar-refractivity contribution is 6.47. The van der Waals surface area contributed by atoms with E-state index in [1.54, 1.807) is 12.1 Å². The Morgan fingerprint density at radius 1 is 0.974 bits per heavy atom. The first kappa shape index (κ1) is 27.0. The molecule has 2 aromatic carbocycles. The van der Waals surface area contributed by atoms with Crippen LogP contribution in [0.3, 0.4) is 0 Å². The van der Waals surface area contributed by atoms with E-state index >= 15 is 0 Å². The zero-order valence-corrected chi connectivity index (χ0v) is 23.3. The van der Waals surface area contributed by atoms with Gasteiger partial charge in [0.1, 0.15) is 0 Å². The van der Waals surface area contributed by atoms with Crippen molar-refractivity contribution in [2.24, 2.45) is 23.2 Å². The summed E-state index contributed by atoms with van der Waals surface area (Å²) in [6.07, 6.45) is 3.15. The van der Waals surface area contributed by atoms with Gasteiger partial charge >= 0.3 is 7.12 Å². The van der Waals surface area contributed by atoms with Gasteiger partial charge in [-0.15, -0.1) is 0 Å². The molecule has 2 N–H and O–H groups in total. The standard InChI is InChI=1S/C31H41BN2O4/c1-20(2)16-27(32-37-26-18-23-17-25(30(23,3)4)31(26,5)38-32)34-28(35)19-24(21-12-8-6-9-13-21)33-29(36)22-14-10-7-11-15-22/h6-15,20,23-27H,16-19H2,1-5H3,(H,33,36)(H,34,35)/t23-,24?,25-,26-,27+,31+/m1/s1. The molecule has 2 bridgehead atoms. The van der Waals surface area contributed by atoms with Gasteiger partial charge in [0.2, 0.25) is 5.91 Å². The first-order chi connectivity index (χ1) is 18.1. The minimum absolute atomic E-state index is 0.0677. The zero-order chi connectivity index (χ0) is 27.1. The summed E-state index contributed by atoms with van der Waals surface area (Å²) in [7, 11) is -0.472. The molecule has 0 radical (unpaired) electrons. The minimum atomic E-state index is -0.472. The van der Waals surface area contributed by atoms with Crippen LogP contribution < -0.4 is 10.6 Å². The first-order valence-electron chi connectivity index (χ1n) is 14.1. The summed E-state index contributed by atoms with van der Waals surface area (Å²) in [5.41, 5.74) is 1.40. The number of amides is 2. The van der Waals surface area contributed by atoms with E-state index in [0.717, 1.165) is 18.4 Å². The molecule has 4 aliphatic rings. The van der Waals surface area contributed by atoms with E-state index in [9.17, 15) is 9.59 Å². The second-order valence-electron chi connectivity index (χ2n) is 12.6. The fourth-order valence-corrected chi connectivity index (χ4v) is 7.04. The number of rotatable bonds is 9. The van der Waals surface area contributed by atoms with E-state index in [-0.39, 0.29) is 41.3 Å². The summed E-state index contributed by atoms with van der Waals surface area (Å²) in [6, 6.07) is 18.3. The predicted octanol–water partition coefficient (Wildman–Crippen LogP) is 5.35. The first-order valence-corrected chi connectivity index (χ1v) is 14.1. The lowest BCUT2D eigenvalue weighted by Crippen LogP contribution is -2.65. The Bertz CT molecular complexity index is 1140. The van der Waals surface area contributed by atoms with Gasteiger partial charge in [0.05, 0.1) is 30.1 Å². The SMILES string of the molecule is CC(C)C[C@H](NC(=O)CC(NC(=O)c1ccccc1)c1ccccc1)B1O[C@@H]2C[C@H]3C[C@H](C3(C)C)[C@]2(C)O1. The molecule has 7 heteroatoms. The van der Waals surface area contributed by atoms with Gasteiger partial charge in [0, 0.05) is 5.56 Å². The molecule has 4 fully saturated rings. The lowest BCUT2D eigenvalue weighted by Gasteiger charge is -2.64. The fraction of sp³-hybridized carbons (Fsp3) is 0.548. The van der Waals surface area contributed by atoms with Crippen molar-refractivity contribution in [2.75, 3.05) is 0 Å². The smallest absolute Gasteiger partial charge is 0.404 e. The predicted molar refractivity (Wildman–Crippen MR) is 149 cm³/mol. The van der Waals surface area contributed by atoms with Crippen LogP contribution in [0.25, 0.3) is 0 Å². The second kappa shape index (κ2) is 10.5. The van der Waals surface area contributed by atoms with Crippen molar-refractivity contribution in [3.8, 4) is 0 Å². The van der Waals surface area contributed by atoms with Crippen molar-refractivity contribution in [1.29, 1.82) is 0 Å². The lowest BCUT2D eigenvalue weighted by atomic mass is 9.43. The van der Waals surface area contributed by atoms with Crippen molar-refractivity contribution in [1.82, 2.24) is 10.6 Å². The van der Waals surface area contributed by atoms with Crippen LogP contribution >= 0.6 is 0 Å². The van der Waals surface area contributed by atoms with Crippen LogP contribution in [0, 0.1) is 23.2 Å². The second-order valence-corrected chi connectivity index (χ2v) is 12.6. The quantitative estimate of drug-likeness (QED) is 0.441. The van der Waals surface area contributed by atoms with Gasteiger partial charge in [0.25, 0.3) is 5.91 Å². The monoisotopic (exact) mass is 516 g/mol. The molecule has 38 heavy (non-hydrogen) atoms. The maximum absolute atomic E-state index is 13.5. The average Bonchev–Trinajstić information content (AvgIpc) is 3.26. The van der Waals surface area contributed by atoms with E-state index in [1.165, 1.54) is 6.42 Å². The summed E-state index contributed by atoms with van der Waals surface area (Å²) >= 11 is 0. The molecule has 2 amide bonds. The topological polar surface area (TPSA) is 76.7 Å². The van der Waals surface area contributed by atoms with Crippen molar-refractivity contribution in [3.63, 3.8) is 0 Å². The zero-order valence-electron chi connectivity index (χ0n) is 23.3. The van der Waals surface area contributed by atoms with Crippen LogP contribution in [0.1, 0.15) is 82.3 Å². The molecule has 202 valence electrons. The molecule has 2 aromatic rings. The Kier molecular flexibility index (Phi) is 7.45. The number of hydrogen-bond acceptors (Lipinski definition) is 4. The van der Waals surface area contributed by atoms with Crippen LogP contribution in [0.15, 0.2) is 60.7 Å². The highest BCUT2D eigenvalue weighted by atomic mass is 16.7. The summed E-state index contributed by atoms with van der Waals surface area (Å²) < 4.78 is 13.2. The van der Waals surface area contributed by atoms with E-state index in [1.807, 2.05) is 48.5 Å². The molecule has 6 nitrogen and oxygen atoms in total. The molecule has 3 aliphatic carbocycles. The van der Waals surface area contributed by atoms with Crippen LogP contribution in [0.2, 0.25) is 0 Å². The van der Waals surface area contributed by atoms with Crippen LogP contribution in [-0.4, -0.2) is 36.6 Å². The Morgan fingerprint density at radius 3 is 2.26 bits per heavy atom. The van der Waals surface area contributed by atoms with Gasteiger partial charge in [-0.05, 0) is 67.1 Å². The van der Waals surface area contributed by atoms with Gasteiger partial charge in [-0.2, -0.15) is 0 Å². The number of benzene rings is 2. The Labute approximate surface area is 227 Å². The van der Waals surface area contributed by atoms with E-state index in [2.05, 4.69) is 45.3 Å². The Hall–Kier alpha value is -2.64. The van der Waals surface area contributed by atoms with Crippen molar-refractivity contribution < 1.29 is 18.9 Å². The third-order valence-electron chi connectivity index (χ3n) is 9.30. The van der Waals surface area contributed by atoms with Gasteiger partial charge in [0.15, 0.2) is 0 Å². The Balaban J connectivity index is 1.29. The summed E-state index contributed by atoms with van der Waals surface area (Å²) in [5, 5.41) is 6.31. The Morgan fingerprint density at radius 2 is 1.63 bits per heavy atom. The molecule has 6 rings (SSSR count). The molecule has 1 saturated heterocycles. The molecule has 1 unspecified atom stereocenters. The van der Waals surface area contributed by atoms with Crippen LogP contribution in [-0.2, 0) is 14.1 Å². The molecule has 0 aromatic heterocycles. The van der Waals surface area contributed by atoms with Gasteiger partial charge in [-0.1, -0.05) is 76.2 Å². The molecule has 6 atom stereocenters. The molecular weight excluding hydrogens is 475 g/mol. The van der Waals surface area contributed by atoms with E-state index in [0.29, 0.717) is 23.3 Å². The summed E-state index contributed by atoms with van der Waals surface area (Å²) in [6.45, 7) is 11.2. The summed E-state index contributed by atoms with van der Waals surface area (Å²) in [4.78, 5) is 26.5. The fourth-order valence-electron chi connectivity index (χ4n) is 7.04. The summed E-state index contributed by atoms with van der Waals surface area (Å²) in [5.74, 6) is 0.907. The lowest BCUT2D eigenvalue weighted by molar-refractivity contribution is -0.199. The normalized spacial score (nSPS) is 28.7. The molecule has 1 aliphatic heterocycles. The van der Waals surface area contributed by atoms with Gasteiger partial charge in [-0.3, -0.25) is 9.59 Å². The highest BCUT2D eigenvalue weighted by Crippen LogP contribution is 2.65. The van der Waals surface area contributed by atoms with Gasteiger partial charge in [-0.25, -0.2) is 0 Å². The van der Waals surface area contributed by atoms with Crippen molar-refractivity contribution >= 4 is 18.9 Å². The molecule has 3 saturated carbocycles. The van der Waals surface area contributed by atoms with Crippen molar-refractivity contribution in [2.45, 2.75) is 84.0 Å². The number of carbonyl (C=O) groups excluding carboxylic acids is 2. The molecule has 0 spiro atoms. The van der Waals surface area contributed by atoms with Crippen LogP contribution in [0.5, 0.6) is 0 Å². The maximum Gasteiger partial charge on any atom is 0.481 e. The number of carbonyl (C=O) groups is 2. The van der Waals surface area contributed by atoms with Gasteiger partial charge < -0.3 is 19.9 Å². The molecular formula is C31H41BN2O4. The largest absolute Gasteiger partial charge is 0.481 e. The maximum atomic E-state index is 13.5. The molecule has 1 heterocycles. The van der Waals surface area contributed by atoms with E-state index < -0.39 is 13.2 Å². The number of hydrogen-bond donors (Lipinski definition) is 2. The average molecular weight is 516 g/mol. The van der Waals surface area contributed by atoms with Crippen molar-refractivity contribution in [3.05, 3.63) is 71.8 Å². The van der Waals surface area contributed by atoms with E-state index in [4.69, 9.17) is 9.31 Å². The van der Waals surface area contributed by atoms with Crippen LogP contribution in [0.4, 0.5) is 0 Å².